The topological polar surface area (TPSA) is 30.3 Å². The van der Waals surface area contributed by atoms with Gasteiger partial charge in [-0.1, -0.05) is 0 Å². The minimum Gasteiger partial charge on any atom is -0.383 e. The fraction of sp³-hybridized carbons (Fsp3) is 0.667. The van der Waals surface area contributed by atoms with E-state index >= 15 is 0 Å². The van der Waals surface area contributed by atoms with Crippen LogP contribution in [-0.2, 0) is 24.2 Å². The van der Waals surface area contributed by atoms with Crippen molar-refractivity contribution >= 4 is 22.9 Å². The molecule has 2 heterocycles. The van der Waals surface area contributed by atoms with Crippen molar-refractivity contribution in [2.45, 2.75) is 19.5 Å². The molecule has 1 aliphatic heterocycles. The lowest BCUT2D eigenvalue weighted by atomic mass is 10.1. The summed E-state index contributed by atoms with van der Waals surface area (Å²) in [5.74, 6) is 0. The number of methoxy groups -OCH3 is 1. The van der Waals surface area contributed by atoms with Crippen LogP contribution in [0.2, 0.25) is 0 Å². The van der Waals surface area contributed by atoms with Crippen LogP contribution in [0.15, 0.2) is 6.20 Å². The zero-order valence-electron chi connectivity index (χ0n) is 8.24. The predicted molar refractivity (Wildman–Crippen MR) is 62.2 cm³/mol. The molecule has 1 aliphatic rings. The third-order valence-electron chi connectivity index (χ3n) is 2.49. The maximum absolute atomic E-state index is 5.06. The lowest BCUT2D eigenvalue weighted by Gasteiger charge is -2.21. The van der Waals surface area contributed by atoms with Gasteiger partial charge < -0.3 is 4.74 Å². The van der Waals surface area contributed by atoms with Crippen LogP contribution in [0.25, 0.3) is 0 Å². The van der Waals surface area contributed by atoms with E-state index in [9.17, 15) is 0 Å². The van der Waals surface area contributed by atoms with Gasteiger partial charge in [-0.15, -0.1) is 0 Å². The van der Waals surface area contributed by atoms with E-state index in [-0.39, 0.29) is 0 Å². The molecule has 1 aromatic heterocycles. The first kappa shape index (κ1) is 10.4. The zero-order chi connectivity index (χ0) is 9.97. The van der Waals surface area contributed by atoms with Crippen LogP contribution in [0, 0.1) is 0 Å². The normalized spacial score (nSPS) is 17.0. The standard InChI is InChI=1S/C9H14IN3O/c1-14-5-4-13-9-7-12(10)3-2-8(9)6-11-13/h6H,2-5,7H2,1H3. The van der Waals surface area contributed by atoms with Gasteiger partial charge in [0.1, 0.15) is 0 Å². The van der Waals surface area contributed by atoms with E-state index in [1.54, 1.807) is 7.11 Å². The fourth-order valence-corrected chi connectivity index (χ4v) is 2.26. The molecule has 2 rings (SSSR count). The molecule has 4 nitrogen and oxygen atoms in total. The second kappa shape index (κ2) is 4.59. The van der Waals surface area contributed by atoms with Crippen LogP contribution in [-0.4, -0.2) is 33.2 Å². The second-order valence-corrected chi connectivity index (χ2v) is 4.79. The summed E-state index contributed by atoms with van der Waals surface area (Å²) < 4.78 is 9.41. The van der Waals surface area contributed by atoms with Crippen molar-refractivity contribution in [3.8, 4) is 0 Å². The first-order valence-electron chi connectivity index (χ1n) is 4.74. The summed E-state index contributed by atoms with van der Waals surface area (Å²) in [5, 5.41) is 4.38. The van der Waals surface area contributed by atoms with Gasteiger partial charge in [0.15, 0.2) is 0 Å². The summed E-state index contributed by atoms with van der Waals surface area (Å²) in [5.41, 5.74) is 2.75. The number of hydrogen-bond donors (Lipinski definition) is 0. The minimum atomic E-state index is 0.732. The number of rotatable bonds is 3. The van der Waals surface area contributed by atoms with Crippen LogP contribution in [0.1, 0.15) is 11.3 Å². The third-order valence-corrected chi connectivity index (χ3v) is 3.31. The molecular formula is C9H14IN3O. The first-order chi connectivity index (χ1) is 6.81. The molecule has 1 aromatic rings. The predicted octanol–water partition coefficient (Wildman–Crippen LogP) is 1.24. The molecule has 0 atom stereocenters. The fourth-order valence-electron chi connectivity index (χ4n) is 1.70. The van der Waals surface area contributed by atoms with Crippen molar-refractivity contribution in [2.24, 2.45) is 0 Å². The molecule has 0 aliphatic carbocycles. The smallest absolute Gasteiger partial charge is 0.0659 e. The average molecular weight is 307 g/mol. The Morgan fingerprint density at radius 3 is 3.29 bits per heavy atom. The molecule has 14 heavy (non-hydrogen) atoms. The molecule has 0 aromatic carbocycles. The van der Waals surface area contributed by atoms with Crippen LogP contribution in [0.3, 0.4) is 0 Å². The number of fused-ring (bicyclic) bond motifs is 1. The van der Waals surface area contributed by atoms with Gasteiger partial charge in [-0.2, -0.15) is 5.10 Å². The Balaban J connectivity index is 2.13. The minimum absolute atomic E-state index is 0.732. The first-order valence-corrected chi connectivity index (χ1v) is 5.71. The SMILES string of the molecule is COCCn1ncc2c1CN(I)CC2. The van der Waals surface area contributed by atoms with Gasteiger partial charge in [0, 0.05) is 36.5 Å². The van der Waals surface area contributed by atoms with Crippen LogP contribution < -0.4 is 0 Å². The molecule has 0 saturated heterocycles. The van der Waals surface area contributed by atoms with Crippen molar-refractivity contribution in [2.75, 3.05) is 20.3 Å². The second-order valence-electron chi connectivity index (χ2n) is 3.43. The Hall–Kier alpha value is -0.140. The van der Waals surface area contributed by atoms with Gasteiger partial charge in [0.05, 0.1) is 31.6 Å². The van der Waals surface area contributed by atoms with Crippen LogP contribution in [0.5, 0.6) is 0 Å². The molecule has 78 valence electrons. The van der Waals surface area contributed by atoms with Crippen LogP contribution in [0.4, 0.5) is 0 Å². The summed E-state index contributed by atoms with van der Waals surface area (Å²) in [6, 6.07) is 0. The zero-order valence-corrected chi connectivity index (χ0v) is 10.4. The van der Waals surface area contributed by atoms with Crippen molar-refractivity contribution in [3.05, 3.63) is 17.5 Å². The van der Waals surface area contributed by atoms with E-state index in [1.165, 1.54) is 11.3 Å². The number of aromatic nitrogens is 2. The van der Waals surface area contributed by atoms with E-state index in [2.05, 4.69) is 35.8 Å². The largest absolute Gasteiger partial charge is 0.383 e. The summed E-state index contributed by atoms with van der Waals surface area (Å²) >= 11 is 2.37. The summed E-state index contributed by atoms with van der Waals surface area (Å²) in [6.07, 6.45) is 3.11. The highest BCUT2D eigenvalue weighted by Gasteiger charge is 2.18. The molecule has 0 fully saturated rings. The average Bonchev–Trinajstić information content (AvgIpc) is 2.57. The van der Waals surface area contributed by atoms with Crippen molar-refractivity contribution in [3.63, 3.8) is 0 Å². The lowest BCUT2D eigenvalue weighted by Crippen LogP contribution is -2.24. The molecule has 5 heteroatoms. The van der Waals surface area contributed by atoms with Gasteiger partial charge in [0.25, 0.3) is 0 Å². The van der Waals surface area contributed by atoms with Gasteiger partial charge in [0.2, 0.25) is 0 Å². The van der Waals surface area contributed by atoms with Gasteiger partial charge in [-0.25, -0.2) is 3.11 Å². The van der Waals surface area contributed by atoms with Gasteiger partial charge in [-0.05, 0) is 12.0 Å². The highest BCUT2D eigenvalue weighted by molar-refractivity contribution is 14.1. The van der Waals surface area contributed by atoms with Crippen LogP contribution >= 0.6 is 22.9 Å². The Kier molecular flexibility index (Phi) is 3.40. The van der Waals surface area contributed by atoms with E-state index in [4.69, 9.17) is 4.74 Å². The Morgan fingerprint density at radius 2 is 2.50 bits per heavy atom. The quantitative estimate of drug-likeness (QED) is 0.622. The molecule has 0 bridgehead atoms. The number of halogens is 1. The molecular weight excluding hydrogens is 293 g/mol. The number of hydrogen-bond acceptors (Lipinski definition) is 3. The Labute approximate surface area is 97.7 Å². The summed E-state index contributed by atoms with van der Waals surface area (Å²) in [4.78, 5) is 0. The third kappa shape index (κ3) is 2.09. The molecule has 0 amide bonds. The maximum atomic E-state index is 5.06. The summed E-state index contributed by atoms with van der Waals surface area (Å²) in [6.45, 7) is 3.72. The Bertz CT molecular complexity index is 313. The summed E-state index contributed by atoms with van der Waals surface area (Å²) in [7, 11) is 1.72. The molecule has 0 saturated carbocycles. The van der Waals surface area contributed by atoms with E-state index in [1.807, 2.05) is 6.20 Å². The number of nitrogens with zero attached hydrogens (tertiary/aromatic N) is 3. The van der Waals surface area contributed by atoms with Gasteiger partial charge >= 0.3 is 0 Å². The Morgan fingerprint density at radius 1 is 1.64 bits per heavy atom. The van der Waals surface area contributed by atoms with Crippen molar-refractivity contribution in [1.29, 1.82) is 0 Å². The van der Waals surface area contributed by atoms with E-state index in [0.717, 1.165) is 32.7 Å². The highest BCUT2D eigenvalue weighted by Crippen LogP contribution is 2.20. The lowest BCUT2D eigenvalue weighted by molar-refractivity contribution is 0.181. The molecule has 0 radical (unpaired) electrons. The highest BCUT2D eigenvalue weighted by atomic mass is 127. The monoisotopic (exact) mass is 307 g/mol. The number of ether oxygens (including phenoxy) is 1. The maximum Gasteiger partial charge on any atom is 0.0659 e. The molecule has 0 spiro atoms. The van der Waals surface area contributed by atoms with Crippen molar-refractivity contribution in [1.82, 2.24) is 12.9 Å². The van der Waals surface area contributed by atoms with E-state index in [0.29, 0.717) is 0 Å². The van der Waals surface area contributed by atoms with Crippen molar-refractivity contribution < 1.29 is 4.74 Å². The molecule has 0 unspecified atom stereocenters. The van der Waals surface area contributed by atoms with E-state index < -0.39 is 0 Å². The van der Waals surface area contributed by atoms with Gasteiger partial charge in [-0.3, -0.25) is 4.68 Å². The molecule has 0 N–H and O–H groups in total.